The minimum atomic E-state index is -0.855. The lowest BCUT2D eigenvalue weighted by Gasteiger charge is -2.24. The third-order valence-corrected chi connectivity index (χ3v) is 7.69. The van der Waals surface area contributed by atoms with Crippen LogP contribution in [-0.2, 0) is 32.0 Å². The largest absolute Gasteiger partial charge is 0.478 e. The second-order valence-electron chi connectivity index (χ2n) is 10.8. The molecule has 4 aliphatic rings. The number of hydrogen-bond acceptors (Lipinski definition) is 9. The Balaban J connectivity index is 0.000000163. The molecule has 7 N–H and O–H groups in total. The Bertz CT molecular complexity index is 1420. The van der Waals surface area contributed by atoms with Crippen molar-refractivity contribution in [1.29, 1.82) is 0 Å². The first-order valence-corrected chi connectivity index (χ1v) is 14.5. The van der Waals surface area contributed by atoms with Gasteiger partial charge in [0.25, 0.3) is 5.91 Å². The summed E-state index contributed by atoms with van der Waals surface area (Å²) >= 11 is 0. The molecule has 2 atom stereocenters. The second kappa shape index (κ2) is 14.5. The number of nitrogens with one attached hydrogen (secondary N) is 4. The van der Waals surface area contributed by atoms with Crippen molar-refractivity contribution in [2.75, 3.05) is 23.7 Å². The second-order valence-corrected chi connectivity index (χ2v) is 10.8. The van der Waals surface area contributed by atoms with Crippen molar-refractivity contribution >= 4 is 46.6 Å². The molecule has 2 fully saturated rings. The number of carbonyl (C=O) groups is 6. The number of anilines is 2. The van der Waals surface area contributed by atoms with Crippen LogP contribution in [0.5, 0.6) is 0 Å². The van der Waals surface area contributed by atoms with Crippen LogP contribution in [0.4, 0.5) is 11.4 Å². The fourth-order valence-corrected chi connectivity index (χ4v) is 5.34. The third-order valence-electron chi connectivity index (χ3n) is 7.69. The van der Waals surface area contributed by atoms with Crippen molar-refractivity contribution in [1.82, 2.24) is 10.6 Å². The van der Waals surface area contributed by atoms with Gasteiger partial charge in [-0.2, -0.15) is 0 Å². The van der Waals surface area contributed by atoms with Crippen LogP contribution in [-0.4, -0.2) is 65.5 Å². The molecule has 0 bridgehead atoms. The summed E-state index contributed by atoms with van der Waals surface area (Å²) in [6, 6.07) is 10.0. The zero-order valence-electron chi connectivity index (χ0n) is 23.9. The van der Waals surface area contributed by atoms with E-state index in [1.807, 2.05) is 18.2 Å². The molecule has 2 aromatic rings. The van der Waals surface area contributed by atoms with E-state index in [1.54, 1.807) is 18.2 Å². The van der Waals surface area contributed by atoms with Crippen LogP contribution in [0.1, 0.15) is 76.8 Å². The van der Waals surface area contributed by atoms with Crippen LogP contribution in [0, 0.1) is 0 Å². The molecule has 3 aliphatic heterocycles. The molecule has 2 aromatic carbocycles. The van der Waals surface area contributed by atoms with E-state index in [0.29, 0.717) is 30.4 Å². The van der Waals surface area contributed by atoms with E-state index in [1.165, 1.54) is 0 Å². The van der Waals surface area contributed by atoms with Crippen LogP contribution in [0.2, 0.25) is 0 Å². The monoisotopic (exact) mass is 591 g/mol. The lowest BCUT2D eigenvalue weighted by molar-refractivity contribution is -0.135. The van der Waals surface area contributed by atoms with Crippen LogP contribution in [0.3, 0.4) is 0 Å². The lowest BCUT2D eigenvalue weighted by atomic mass is 9.94. The summed E-state index contributed by atoms with van der Waals surface area (Å²) in [6.45, 7) is 1.72. The smallest absolute Gasteiger partial charge is 0.337 e. The number of rotatable bonds is 3. The standard InChI is InChI=1S/C15H17N3O3.C10H11NO2.C6H9NO2/c19-12-7-6-11(15(21)18-12)17-14(20)10-5-1-3-9-4-2-8-16-13(9)10;12-10(13)8-5-1-3-7-4-2-6-11-9(7)8;7-5-2-1-4(8)3-6(5)9/h1,3,5,11,16H,2,4,6-8H2,(H,17,20)(H,18,19,21);1,3,5,11H,2,4,6H2,(H,12,13);5H,1-3,7H2. The van der Waals surface area contributed by atoms with Gasteiger partial charge >= 0.3 is 5.97 Å². The molecular formula is C31H37N5O7. The first-order chi connectivity index (χ1) is 20.6. The Morgan fingerprint density at radius 3 is 1.98 bits per heavy atom. The van der Waals surface area contributed by atoms with Crippen LogP contribution < -0.4 is 27.0 Å². The molecule has 1 aliphatic carbocycles. The highest BCUT2D eigenvalue weighted by Crippen LogP contribution is 2.27. The van der Waals surface area contributed by atoms with Gasteiger partial charge in [0.1, 0.15) is 11.8 Å². The molecule has 0 spiro atoms. The summed E-state index contributed by atoms with van der Waals surface area (Å²) < 4.78 is 0. The van der Waals surface area contributed by atoms with E-state index in [-0.39, 0.29) is 42.3 Å². The Morgan fingerprint density at radius 1 is 0.814 bits per heavy atom. The third kappa shape index (κ3) is 8.25. The van der Waals surface area contributed by atoms with E-state index >= 15 is 0 Å². The summed E-state index contributed by atoms with van der Waals surface area (Å²) in [5.41, 5.74) is 10.2. The molecule has 43 heavy (non-hydrogen) atoms. The zero-order valence-corrected chi connectivity index (χ0v) is 23.9. The molecule has 0 radical (unpaired) electrons. The van der Waals surface area contributed by atoms with Crippen molar-refractivity contribution in [3.05, 3.63) is 58.7 Å². The molecule has 1 saturated heterocycles. The Kier molecular flexibility index (Phi) is 10.6. The van der Waals surface area contributed by atoms with Crippen LogP contribution in [0.25, 0.3) is 0 Å². The van der Waals surface area contributed by atoms with Gasteiger partial charge in [-0.3, -0.25) is 29.3 Å². The molecule has 12 heteroatoms. The number of carboxylic acid groups (broad SMARTS) is 1. The molecule has 12 nitrogen and oxygen atoms in total. The Labute approximate surface area is 249 Å². The number of fused-ring (bicyclic) bond motifs is 2. The molecule has 228 valence electrons. The van der Waals surface area contributed by atoms with Gasteiger partial charge in [-0.25, -0.2) is 4.79 Å². The topological polar surface area (TPSA) is 197 Å². The van der Waals surface area contributed by atoms with Gasteiger partial charge in [0.15, 0.2) is 5.78 Å². The van der Waals surface area contributed by atoms with Crippen molar-refractivity contribution < 1.29 is 33.9 Å². The number of carboxylic acids is 1. The summed E-state index contributed by atoms with van der Waals surface area (Å²) in [4.78, 5) is 67.2. The summed E-state index contributed by atoms with van der Waals surface area (Å²) in [5.74, 6) is -1.93. The highest BCUT2D eigenvalue weighted by atomic mass is 16.4. The van der Waals surface area contributed by atoms with E-state index in [0.717, 1.165) is 61.3 Å². The van der Waals surface area contributed by atoms with Gasteiger partial charge in [-0.15, -0.1) is 0 Å². The predicted octanol–water partition coefficient (Wildman–Crippen LogP) is 1.96. The normalized spacial score (nSPS) is 20.7. The summed E-state index contributed by atoms with van der Waals surface area (Å²) in [5, 5.41) is 20.2. The molecule has 3 heterocycles. The number of benzene rings is 2. The number of imide groups is 1. The fraction of sp³-hybridized carbons (Fsp3) is 0.419. The van der Waals surface area contributed by atoms with Gasteiger partial charge in [0.2, 0.25) is 11.8 Å². The molecule has 2 unspecified atom stereocenters. The highest BCUT2D eigenvalue weighted by Gasteiger charge is 2.29. The highest BCUT2D eigenvalue weighted by molar-refractivity contribution is 6.06. The van der Waals surface area contributed by atoms with Crippen LogP contribution >= 0.6 is 0 Å². The molecule has 0 aromatic heterocycles. The SMILES string of the molecule is NC1CCC(=O)CC1=O.O=C(O)c1cccc2c1NCCC2.O=C1CCC(NC(=O)c2cccc3c2NCCC3)C(=O)N1. The number of aryl methyl sites for hydroxylation is 2. The number of nitrogens with two attached hydrogens (primary N) is 1. The fourth-order valence-electron chi connectivity index (χ4n) is 5.34. The van der Waals surface area contributed by atoms with Gasteiger partial charge in [0.05, 0.1) is 35.0 Å². The van der Waals surface area contributed by atoms with Gasteiger partial charge in [-0.05, 0) is 61.8 Å². The maximum atomic E-state index is 12.4. The van der Waals surface area contributed by atoms with Crippen molar-refractivity contribution in [3.63, 3.8) is 0 Å². The minimum Gasteiger partial charge on any atom is -0.478 e. The molecule has 1 saturated carbocycles. The number of aromatic carboxylic acids is 1. The van der Waals surface area contributed by atoms with E-state index < -0.39 is 17.9 Å². The maximum absolute atomic E-state index is 12.4. The number of para-hydroxylation sites is 2. The maximum Gasteiger partial charge on any atom is 0.337 e. The number of amides is 3. The van der Waals surface area contributed by atoms with Gasteiger partial charge in [-0.1, -0.05) is 24.3 Å². The number of Topliss-reactive ketones (excluding diaryl/α,β-unsaturated/α-hetero) is 2. The van der Waals surface area contributed by atoms with E-state index in [4.69, 9.17) is 10.8 Å². The number of piperidine rings is 1. The van der Waals surface area contributed by atoms with E-state index in [2.05, 4.69) is 21.3 Å². The van der Waals surface area contributed by atoms with Crippen molar-refractivity contribution in [3.8, 4) is 0 Å². The lowest BCUT2D eigenvalue weighted by Crippen LogP contribution is -2.52. The number of ketones is 2. The Morgan fingerprint density at radius 2 is 1.42 bits per heavy atom. The molecule has 6 rings (SSSR count). The summed E-state index contributed by atoms with van der Waals surface area (Å²) in [6.07, 6.45) is 5.72. The first kappa shape index (κ1) is 31.4. The van der Waals surface area contributed by atoms with Crippen LogP contribution in [0.15, 0.2) is 36.4 Å². The molecular weight excluding hydrogens is 554 g/mol. The van der Waals surface area contributed by atoms with Crippen molar-refractivity contribution in [2.45, 2.75) is 69.9 Å². The van der Waals surface area contributed by atoms with Gasteiger partial charge < -0.3 is 26.8 Å². The summed E-state index contributed by atoms with van der Waals surface area (Å²) in [7, 11) is 0. The first-order valence-electron chi connectivity index (χ1n) is 14.5. The Hall–Kier alpha value is -4.58. The number of hydrogen-bond donors (Lipinski definition) is 6. The minimum absolute atomic E-state index is 0.0294. The quantitative estimate of drug-likeness (QED) is 0.227. The predicted molar refractivity (Wildman–Crippen MR) is 159 cm³/mol. The zero-order chi connectivity index (χ0) is 30.9. The van der Waals surface area contributed by atoms with E-state index in [9.17, 15) is 28.8 Å². The average molecular weight is 592 g/mol. The van der Waals surface area contributed by atoms with Gasteiger partial charge in [0, 0.05) is 25.9 Å². The number of carbonyl (C=O) groups excluding carboxylic acids is 5. The molecule has 3 amide bonds. The average Bonchev–Trinajstić information content (AvgIpc) is 3.00. The van der Waals surface area contributed by atoms with Crippen molar-refractivity contribution in [2.24, 2.45) is 5.73 Å².